The SMILES string of the molecule is Cc1ccc(F)c(C(=O)c2cccc(N)c2C)c1. The summed E-state index contributed by atoms with van der Waals surface area (Å²) in [6.07, 6.45) is 0. The van der Waals surface area contributed by atoms with E-state index >= 15 is 0 Å². The molecule has 0 aliphatic rings. The van der Waals surface area contributed by atoms with Gasteiger partial charge in [-0.15, -0.1) is 0 Å². The maximum atomic E-state index is 13.7. The van der Waals surface area contributed by atoms with Crippen LogP contribution in [-0.2, 0) is 0 Å². The molecule has 92 valence electrons. The smallest absolute Gasteiger partial charge is 0.196 e. The van der Waals surface area contributed by atoms with Crippen molar-refractivity contribution in [2.24, 2.45) is 0 Å². The Kier molecular flexibility index (Phi) is 3.15. The number of carbonyl (C=O) groups excluding carboxylic acids is 1. The summed E-state index contributed by atoms with van der Waals surface area (Å²) in [4.78, 5) is 12.3. The quantitative estimate of drug-likeness (QED) is 0.650. The fourth-order valence-corrected chi connectivity index (χ4v) is 1.86. The monoisotopic (exact) mass is 243 g/mol. The molecule has 0 saturated heterocycles. The van der Waals surface area contributed by atoms with Crippen molar-refractivity contribution in [3.8, 4) is 0 Å². The third-order valence-corrected chi connectivity index (χ3v) is 2.99. The Bertz CT molecular complexity index is 616. The minimum absolute atomic E-state index is 0.0868. The number of carbonyl (C=O) groups is 1. The molecule has 3 heteroatoms. The van der Waals surface area contributed by atoms with E-state index in [4.69, 9.17) is 5.73 Å². The van der Waals surface area contributed by atoms with E-state index < -0.39 is 5.82 Å². The molecule has 2 aromatic carbocycles. The van der Waals surface area contributed by atoms with Crippen LogP contribution in [0.25, 0.3) is 0 Å². The molecule has 18 heavy (non-hydrogen) atoms. The molecule has 0 heterocycles. The van der Waals surface area contributed by atoms with Crippen LogP contribution in [0.4, 0.5) is 10.1 Å². The van der Waals surface area contributed by atoms with Gasteiger partial charge in [-0.3, -0.25) is 4.79 Å². The second-order valence-corrected chi connectivity index (χ2v) is 4.33. The standard InChI is InChI=1S/C15H14FNO/c1-9-6-7-13(16)12(8-9)15(18)11-4-3-5-14(17)10(11)2/h3-8H,17H2,1-2H3. The molecule has 0 amide bonds. The molecule has 0 aliphatic carbocycles. The molecule has 0 saturated carbocycles. The molecule has 0 bridgehead atoms. The van der Waals surface area contributed by atoms with E-state index in [2.05, 4.69) is 0 Å². The maximum absolute atomic E-state index is 13.7. The van der Waals surface area contributed by atoms with Crippen molar-refractivity contribution in [3.63, 3.8) is 0 Å². The zero-order valence-electron chi connectivity index (χ0n) is 10.3. The first kappa shape index (κ1) is 12.3. The fraction of sp³-hybridized carbons (Fsp3) is 0.133. The van der Waals surface area contributed by atoms with Gasteiger partial charge in [-0.1, -0.05) is 23.8 Å². The minimum atomic E-state index is -0.507. The molecule has 0 aromatic heterocycles. The molecule has 2 nitrogen and oxygen atoms in total. The molecule has 2 N–H and O–H groups in total. The van der Waals surface area contributed by atoms with Gasteiger partial charge >= 0.3 is 0 Å². The summed E-state index contributed by atoms with van der Waals surface area (Å²) in [6, 6.07) is 9.58. The van der Waals surface area contributed by atoms with E-state index in [0.717, 1.165) is 5.56 Å². The number of benzene rings is 2. The first-order chi connectivity index (χ1) is 8.50. The first-order valence-corrected chi connectivity index (χ1v) is 5.66. The van der Waals surface area contributed by atoms with E-state index in [9.17, 15) is 9.18 Å². The number of anilines is 1. The van der Waals surface area contributed by atoms with Gasteiger partial charge in [0.2, 0.25) is 0 Å². The van der Waals surface area contributed by atoms with Gasteiger partial charge in [0.25, 0.3) is 0 Å². The number of aryl methyl sites for hydroxylation is 1. The van der Waals surface area contributed by atoms with E-state index in [1.165, 1.54) is 6.07 Å². The third-order valence-electron chi connectivity index (χ3n) is 2.99. The van der Waals surface area contributed by atoms with Crippen molar-refractivity contribution in [2.75, 3.05) is 5.73 Å². The maximum Gasteiger partial charge on any atom is 0.196 e. The number of halogens is 1. The molecule has 0 radical (unpaired) electrons. The summed E-state index contributed by atoms with van der Waals surface area (Å²) in [5.74, 6) is -0.839. The van der Waals surface area contributed by atoms with E-state index in [0.29, 0.717) is 16.8 Å². The van der Waals surface area contributed by atoms with Crippen LogP contribution in [-0.4, -0.2) is 5.78 Å². The van der Waals surface area contributed by atoms with Gasteiger partial charge in [0.15, 0.2) is 5.78 Å². The van der Waals surface area contributed by atoms with Gasteiger partial charge in [-0.2, -0.15) is 0 Å². The molecule has 0 spiro atoms. The lowest BCUT2D eigenvalue weighted by molar-refractivity contribution is 0.103. The number of ketones is 1. The van der Waals surface area contributed by atoms with Crippen molar-refractivity contribution >= 4 is 11.5 Å². The minimum Gasteiger partial charge on any atom is -0.398 e. The Morgan fingerprint density at radius 1 is 1.11 bits per heavy atom. The zero-order valence-corrected chi connectivity index (χ0v) is 10.3. The normalized spacial score (nSPS) is 10.4. The van der Waals surface area contributed by atoms with Gasteiger partial charge in [-0.05, 0) is 37.6 Å². The van der Waals surface area contributed by atoms with Crippen LogP contribution >= 0.6 is 0 Å². The molecule has 0 unspecified atom stereocenters. The van der Waals surface area contributed by atoms with Gasteiger partial charge < -0.3 is 5.73 Å². The van der Waals surface area contributed by atoms with Crippen LogP contribution < -0.4 is 5.73 Å². The second kappa shape index (κ2) is 4.61. The molecule has 2 rings (SSSR count). The van der Waals surface area contributed by atoms with Gasteiger partial charge in [0.1, 0.15) is 5.82 Å². The largest absolute Gasteiger partial charge is 0.398 e. The Morgan fingerprint density at radius 2 is 1.83 bits per heavy atom. The lowest BCUT2D eigenvalue weighted by Crippen LogP contribution is -2.08. The molecular formula is C15H14FNO. The van der Waals surface area contributed by atoms with Crippen LogP contribution in [0.1, 0.15) is 27.0 Å². The van der Waals surface area contributed by atoms with Crippen molar-refractivity contribution in [1.82, 2.24) is 0 Å². The Balaban J connectivity index is 2.55. The van der Waals surface area contributed by atoms with Crippen LogP contribution in [0.5, 0.6) is 0 Å². The summed E-state index contributed by atoms with van der Waals surface area (Å²) >= 11 is 0. The van der Waals surface area contributed by atoms with Crippen LogP contribution in [0, 0.1) is 19.7 Å². The summed E-state index contributed by atoms with van der Waals surface area (Å²) in [6.45, 7) is 3.58. The van der Waals surface area contributed by atoms with Gasteiger partial charge in [-0.25, -0.2) is 4.39 Å². The Labute approximate surface area is 105 Å². The third kappa shape index (κ3) is 2.12. The highest BCUT2D eigenvalue weighted by atomic mass is 19.1. The van der Waals surface area contributed by atoms with E-state index in [1.54, 1.807) is 37.3 Å². The van der Waals surface area contributed by atoms with E-state index in [-0.39, 0.29) is 11.3 Å². The lowest BCUT2D eigenvalue weighted by atomic mass is 9.97. The highest BCUT2D eigenvalue weighted by Crippen LogP contribution is 2.21. The van der Waals surface area contributed by atoms with Crippen molar-refractivity contribution in [1.29, 1.82) is 0 Å². The summed E-state index contributed by atoms with van der Waals surface area (Å²) in [7, 11) is 0. The first-order valence-electron chi connectivity index (χ1n) is 5.66. The topological polar surface area (TPSA) is 43.1 Å². The molecule has 0 fully saturated rings. The molecule has 0 atom stereocenters. The zero-order chi connectivity index (χ0) is 13.3. The van der Waals surface area contributed by atoms with E-state index in [1.807, 2.05) is 6.92 Å². The molecule has 2 aromatic rings. The van der Waals surface area contributed by atoms with Crippen molar-refractivity contribution < 1.29 is 9.18 Å². The summed E-state index contributed by atoms with van der Waals surface area (Å²) in [5, 5.41) is 0. The van der Waals surface area contributed by atoms with Gasteiger partial charge in [0, 0.05) is 11.3 Å². The Morgan fingerprint density at radius 3 is 2.56 bits per heavy atom. The highest BCUT2D eigenvalue weighted by molar-refractivity contribution is 6.10. The average Bonchev–Trinajstić information content (AvgIpc) is 2.35. The van der Waals surface area contributed by atoms with Gasteiger partial charge in [0.05, 0.1) is 5.56 Å². The lowest BCUT2D eigenvalue weighted by Gasteiger charge is -2.08. The van der Waals surface area contributed by atoms with Crippen LogP contribution in [0.3, 0.4) is 0 Å². The molecule has 0 aliphatic heterocycles. The number of nitrogens with two attached hydrogens (primary N) is 1. The Hall–Kier alpha value is -2.16. The van der Waals surface area contributed by atoms with Crippen molar-refractivity contribution in [3.05, 3.63) is 64.5 Å². The fourth-order valence-electron chi connectivity index (χ4n) is 1.86. The van der Waals surface area contributed by atoms with Crippen LogP contribution in [0.15, 0.2) is 36.4 Å². The predicted molar refractivity (Wildman–Crippen MR) is 70.2 cm³/mol. The number of hydrogen-bond donors (Lipinski definition) is 1. The predicted octanol–water partition coefficient (Wildman–Crippen LogP) is 3.26. The second-order valence-electron chi connectivity index (χ2n) is 4.33. The number of hydrogen-bond acceptors (Lipinski definition) is 2. The number of nitrogen functional groups attached to an aromatic ring is 1. The molecular weight excluding hydrogens is 229 g/mol. The summed E-state index contributed by atoms with van der Waals surface area (Å²) < 4.78 is 13.7. The summed E-state index contributed by atoms with van der Waals surface area (Å²) in [5.41, 5.74) is 8.36. The van der Waals surface area contributed by atoms with Crippen molar-refractivity contribution in [2.45, 2.75) is 13.8 Å². The highest BCUT2D eigenvalue weighted by Gasteiger charge is 2.16. The average molecular weight is 243 g/mol. The number of rotatable bonds is 2. The van der Waals surface area contributed by atoms with Crippen LogP contribution in [0.2, 0.25) is 0 Å².